The summed E-state index contributed by atoms with van der Waals surface area (Å²) in [7, 11) is 0. The van der Waals surface area contributed by atoms with Crippen molar-refractivity contribution in [2.45, 2.75) is 32.0 Å². The van der Waals surface area contributed by atoms with Crippen LogP contribution in [0.25, 0.3) is 0 Å². The van der Waals surface area contributed by atoms with Gasteiger partial charge in [-0.05, 0) is 37.0 Å². The Morgan fingerprint density at radius 1 is 1.19 bits per heavy atom. The third-order valence-corrected chi connectivity index (χ3v) is 3.04. The molecule has 0 radical (unpaired) electrons. The molecule has 21 heavy (non-hydrogen) atoms. The maximum atomic E-state index is 10.4. The van der Waals surface area contributed by atoms with Crippen LogP contribution in [0.15, 0.2) is 24.3 Å². The predicted molar refractivity (Wildman–Crippen MR) is 78.4 cm³/mol. The van der Waals surface area contributed by atoms with Crippen molar-refractivity contribution in [3.63, 3.8) is 0 Å². The monoisotopic (exact) mass is 294 g/mol. The van der Waals surface area contributed by atoms with E-state index in [-0.39, 0.29) is 6.29 Å². The number of carbonyl (C=O) groups excluding carboxylic acids is 2. The Morgan fingerprint density at radius 2 is 1.95 bits per heavy atom. The van der Waals surface area contributed by atoms with E-state index in [0.717, 1.165) is 37.0 Å². The summed E-state index contributed by atoms with van der Waals surface area (Å²) in [4.78, 5) is 18.4. The van der Waals surface area contributed by atoms with Crippen molar-refractivity contribution in [2.24, 2.45) is 0 Å². The van der Waals surface area contributed by atoms with Crippen LogP contribution in [-0.2, 0) is 25.5 Å². The van der Waals surface area contributed by atoms with E-state index in [4.69, 9.17) is 19.0 Å². The van der Waals surface area contributed by atoms with Crippen molar-refractivity contribution >= 4 is 13.1 Å². The molecule has 0 spiro atoms. The van der Waals surface area contributed by atoms with E-state index < -0.39 is 0 Å². The smallest absolute Gasteiger partial charge is 0.157 e. The average Bonchev–Trinajstić information content (AvgIpc) is 2.56. The fraction of sp³-hybridized carbons (Fsp3) is 0.500. The summed E-state index contributed by atoms with van der Waals surface area (Å²) < 4.78 is 16.6. The summed E-state index contributed by atoms with van der Waals surface area (Å²) in [6, 6.07) is 7.54. The second-order valence-corrected chi connectivity index (χ2v) is 4.53. The highest BCUT2D eigenvalue weighted by atomic mass is 16.7. The van der Waals surface area contributed by atoms with E-state index in [1.54, 1.807) is 0 Å². The molecule has 1 atom stereocenters. The lowest BCUT2D eigenvalue weighted by Gasteiger charge is -2.22. The van der Waals surface area contributed by atoms with Gasteiger partial charge >= 0.3 is 0 Å². The van der Waals surface area contributed by atoms with Gasteiger partial charge in [-0.3, -0.25) is 0 Å². The van der Waals surface area contributed by atoms with Gasteiger partial charge in [0.25, 0.3) is 0 Å². The molecule has 0 amide bonds. The maximum absolute atomic E-state index is 10.4. The van der Waals surface area contributed by atoms with E-state index in [1.807, 2.05) is 31.1 Å². The highest BCUT2D eigenvalue weighted by Crippen LogP contribution is 2.14. The number of carbonyl (C=O) groups is 2. The minimum Gasteiger partial charge on any atom is -0.491 e. The molecule has 0 bridgehead atoms. The highest BCUT2D eigenvalue weighted by Gasteiger charge is 2.13. The molecule has 1 fully saturated rings. The minimum atomic E-state index is -0.0627. The lowest BCUT2D eigenvalue weighted by atomic mass is 10.2. The molecule has 0 saturated carbocycles. The standard InChI is InChI=1S/C15H20O4.CH2O/c16-9-8-13-4-6-14(7-5-13)17-11-12-19-15-3-1-2-10-18-15;1-2/h4-7,9,15H,1-3,8,10-12H2;1H2. The van der Waals surface area contributed by atoms with Gasteiger partial charge in [-0.25, -0.2) is 0 Å². The number of hydrogen-bond donors (Lipinski definition) is 0. The van der Waals surface area contributed by atoms with Gasteiger partial charge in [0.05, 0.1) is 6.61 Å². The van der Waals surface area contributed by atoms with Crippen LogP contribution in [0.4, 0.5) is 0 Å². The van der Waals surface area contributed by atoms with Crippen LogP contribution in [0, 0.1) is 0 Å². The molecule has 116 valence electrons. The highest BCUT2D eigenvalue weighted by molar-refractivity contribution is 5.55. The molecule has 1 aliphatic rings. The molecule has 2 rings (SSSR count). The Morgan fingerprint density at radius 3 is 2.57 bits per heavy atom. The van der Waals surface area contributed by atoms with E-state index >= 15 is 0 Å². The molecule has 0 N–H and O–H groups in total. The fourth-order valence-corrected chi connectivity index (χ4v) is 2.00. The third-order valence-electron chi connectivity index (χ3n) is 3.04. The van der Waals surface area contributed by atoms with Crippen LogP contribution in [-0.4, -0.2) is 39.2 Å². The summed E-state index contributed by atoms with van der Waals surface area (Å²) >= 11 is 0. The molecule has 5 heteroatoms. The Kier molecular flexibility index (Phi) is 9.08. The zero-order chi connectivity index (χ0) is 15.3. The van der Waals surface area contributed by atoms with Gasteiger partial charge in [0.1, 0.15) is 25.4 Å². The van der Waals surface area contributed by atoms with Gasteiger partial charge in [-0.1, -0.05) is 12.1 Å². The van der Waals surface area contributed by atoms with Crippen LogP contribution >= 0.6 is 0 Å². The van der Waals surface area contributed by atoms with E-state index in [1.165, 1.54) is 6.42 Å². The number of ether oxygens (including phenoxy) is 3. The zero-order valence-electron chi connectivity index (χ0n) is 12.2. The van der Waals surface area contributed by atoms with E-state index in [2.05, 4.69) is 0 Å². The van der Waals surface area contributed by atoms with Gasteiger partial charge in [-0.2, -0.15) is 0 Å². The molecule has 1 aromatic rings. The number of rotatable bonds is 7. The van der Waals surface area contributed by atoms with Crippen LogP contribution < -0.4 is 4.74 Å². The van der Waals surface area contributed by atoms with Crippen molar-refractivity contribution in [1.29, 1.82) is 0 Å². The predicted octanol–water partition coefficient (Wildman–Crippen LogP) is 2.17. The zero-order valence-corrected chi connectivity index (χ0v) is 12.2. The topological polar surface area (TPSA) is 61.8 Å². The second kappa shape index (κ2) is 11.0. The lowest BCUT2D eigenvalue weighted by Crippen LogP contribution is -2.24. The molecule has 1 heterocycles. The van der Waals surface area contributed by atoms with Crippen molar-refractivity contribution < 1.29 is 23.8 Å². The van der Waals surface area contributed by atoms with Crippen LogP contribution in [0.1, 0.15) is 24.8 Å². The molecular formula is C16H22O5. The summed E-state index contributed by atoms with van der Waals surface area (Å²) in [6.07, 6.45) is 4.55. The summed E-state index contributed by atoms with van der Waals surface area (Å²) in [6.45, 7) is 3.83. The normalized spacial score (nSPS) is 17.4. The third kappa shape index (κ3) is 7.02. The molecule has 1 unspecified atom stereocenters. The quantitative estimate of drug-likeness (QED) is 0.569. The first-order valence-corrected chi connectivity index (χ1v) is 7.06. The largest absolute Gasteiger partial charge is 0.491 e. The van der Waals surface area contributed by atoms with Gasteiger partial charge in [0.2, 0.25) is 0 Å². The molecule has 0 aliphatic carbocycles. The summed E-state index contributed by atoms with van der Waals surface area (Å²) in [5, 5.41) is 0. The first kappa shape index (κ1) is 17.3. The first-order chi connectivity index (χ1) is 10.4. The van der Waals surface area contributed by atoms with Crippen molar-refractivity contribution in [2.75, 3.05) is 19.8 Å². The Bertz CT molecular complexity index is 384. The fourth-order valence-electron chi connectivity index (χ4n) is 2.00. The molecular weight excluding hydrogens is 272 g/mol. The molecule has 1 aromatic carbocycles. The summed E-state index contributed by atoms with van der Waals surface area (Å²) in [5.74, 6) is 0.794. The number of benzene rings is 1. The number of hydrogen-bond acceptors (Lipinski definition) is 5. The second-order valence-electron chi connectivity index (χ2n) is 4.53. The molecule has 5 nitrogen and oxygen atoms in total. The van der Waals surface area contributed by atoms with Crippen molar-refractivity contribution in [3.8, 4) is 5.75 Å². The van der Waals surface area contributed by atoms with Crippen LogP contribution in [0.3, 0.4) is 0 Å². The van der Waals surface area contributed by atoms with Gasteiger partial charge in [-0.15, -0.1) is 0 Å². The number of aldehydes is 1. The van der Waals surface area contributed by atoms with Crippen molar-refractivity contribution in [1.82, 2.24) is 0 Å². The van der Waals surface area contributed by atoms with Gasteiger partial charge in [0.15, 0.2) is 6.29 Å². The van der Waals surface area contributed by atoms with Gasteiger partial charge in [0, 0.05) is 13.0 Å². The molecule has 1 aliphatic heterocycles. The first-order valence-electron chi connectivity index (χ1n) is 7.06. The molecule has 1 saturated heterocycles. The van der Waals surface area contributed by atoms with E-state index in [0.29, 0.717) is 19.6 Å². The Balaban J connectivity index is 0.00000106. The Hall–Kier alpha value is -1.72. The van der Waals surface area contributed by atoms with Crippen LogP contribution in [0.2, 0.25) is 0 Å². The Labute approximate surface area is 125 Å². The maximum Gasteiger partial charge on any atom is 0.157 e. The average molecular weight is 294 g/mol. The van der Waals surface area contributed by atoms with Gasteiger partial charge < -0.3 is 23.8 Å². The van der Waals surface area contributed by atoms with E-state index in [9.17, 15) is 4.79 Å². The summed E-state index contributed by atoms with van der Waals surface area (Å²) in [5.41, 5.74) is 0.995. The SMILES string of the molecule is C=O.O=CCc1ccc(OCCOC2CCCCO2)cc1. The van der Waals surface area contributed by atoms with Crippen LogP contribution in [0.5, 0.6) is 5.75 Å². The van der Waals surface area contributed by atoms with Crippen molar-refractivity contribution in [3.05, 3.63) is 29.8 Å². The molecule has 0 aromatic heterocycles. The lowest BCUT2D eigenvalue weighted by molar-refractivity contribution is -0.165. The minimum absolute atomic E-state index is 0.0627.